The molecule has 0 fully saturated rings. The monoisotopic (exact) mass is 240 g/mol. The molecule has 2 aromatic rings. The van der Waals surface area contributed by atoms with Gasteiger partial charge in [-0.05, 0) is 31.2 Å². The molecule has 0 atom stereocenters. The summed E-state index contributed by atoms with van der Waals surface area (Å²) in [6.07, 6.45) is 1.74. The molecule has 3 nitrogen and oxygen atoms in total. The molecular weight excluding hydrogens is 224 g/mol. The number of rotatable bonds is 3. The number of aromatic nitrogens is 1. The first-order valence-electron chi connectivity index (χ1n) is 5.91. The predicted octanol–water partition coefficient (Wildman–Crippen LogP) is 2.94. The Hall–Kier alpha value is -2.16. The molecule has 0 spiro atoms. The first kappa shape index (κ1) is 12.3. The fourth-order valence-electron chi connectivity index (χ4n) is 1.76. The number of carbonyl (C=O) groups excluding carboxylic acids is 1. The molecule has 1 heterocycles. The zero-order chi connectivity index (χ0) is 13.0. The first-order chi connectivity index (χ1) is 8.66. The van der Waals surface area contributed by atoms with Gasteiger partial charge in [-0.1, -0.05) is 23.8 Å². The highest BCUT2D eigenvalue weighted by Gasteiger charge is 2.12. The third-order valence-electron chi connectivity index (χ3n) is 2.77. The van der Waals surface area contributed by atoms with Crippen molar-refractivity contribution < 1.29 is 4.79 Å². The van der Waals surface area contributed by atoms with Crippen LogP contribution in [0, 0.1) is 6.92 Å². The van der Waals surface area contributed by atoms with Gasteiger partial charge in [0.25, 0.3) is 0 Å². The second kappa shape index (κ2) is 5.45. The van der Waals surface area contributed by atoms with Gasteiger partial charge in [-0.2, -0.15) is 0 Å². The van der Waals surface area contributed by atoms with Gasteiger partial charge in [-0.25, -0.2) is 0 Å². The highest BCUT2D eigenvalue weighted by molar-refractivity contribution is 5.91. The molecule has 0 aliphatic carbocycles. The van der Waals surface area contributed by atoms with Crippen LogP contribution in [0.25, 0.3) is 0 Å². The van der Waals surface area contributed by atoms with E-state index >= 15 is 0 Å². The van der Waals surface area contributed by atoms with Gasteiger partial charge in [0, 0.05) is 18.8 Å². The summed E-state index contributed by atoms with van der Waals surface area (Å²) in [5, 5.41) is 0. The van der Waals surface area contributed by atoms with Crippen molar-refractivity contribution in [2.45, 2.75) is 20.4 Å². The Morgan fingerprint density at radius 3 is 2.44 bits per heavy atom. The Morgan fingerprint density at radius 2 is 1.89 bits per heavy atom. The number of pyridine rings is 1. The van der Waals surface area contributed by atoms with Crippen LogP contribution in [-0.2, 0) is 11.3 Å². The van der Waals surface area contributed by atoms with Crippen LogP contribution in [0.3, 0.4) is 0 Å². The van der Waals surface area contributed by atoms with Crippen LogP contribution in [0.15, 0.2) is 48.7 Å². The van der Waals surface area contributed by atoms with Gasteiger partial charge in [0.05, 0.1) is 12.2 Å². The molecular formula is C15H16N2O. The molecule has 0 unspecified atom stereocenters. The number of benzene rings is 1. The Labute approximate surface area is 107 Å². The summed E-state index contributed by atoms with van der Waals surface area (Å²) in [5.74, 6) is 0.0181. The van der Waals surface area contributed by atoms with Crippen LogP contribution in [-0.4, -0.2) is 10.9 Å². The van der Waals surface area contributed by atoms with Gasteiger partial charge < -0.3 is 4.90 Å². The topological polar surface area (TPSA) is 33.2 Å². The quantitative estimate of drug-likeness (QED) is 0.826. The number of nitrogens with zero attached hydrogens (tertiary/aromatic N) is 2. The molecule has 0 saturated carbocycles. The molecule has 0 radical (unpaired) electrons. The van der Waals surface area contributed by atoms with Crippen LogP contribution in [0.4, 0.5) is 5.69 Å². The van der Waals surface area contributed by atoms with Gasteiger partial charge in [-0.3, -0.25) is 9.78 Å². The van der Waals surface area contributed by atoms with Crippen molar-refractivity contribution in [3.05, 3.63) is 59.9 Å². The molecule has 1 aromatic heterocycles. The smallest absolute Gasteiger partial charge is 0.224 e. The van der Waals surface area contributed by atoms with Crippen molar-refractivity contribution in [2.24, 2.45) is 0 Å². The summed E-state index contributed by atoms with van der Waals surface area (Å²) in [6, 6.07) is 13.6. The van der Waals surface area contributed by atoms with Crippen LogP contribution in [0.5, 0.6) is 0 Å². The molecule has 1 amide bonds. The highest BCUT2D eigenvalue weighted by Crippen LogP contribution is 2.17. The number of hydrogen-bond donors (Lipinski definition) is 0. The zero-order valence-electron chi connectivity index (χ0n) is 10.6. The van der Waals surface area contributed by atoms with Crippen LogP contribution in [0.1, 0.15) is 18.2 Å². The molecule has 18 heavy (non-hydrogen) atoms. The molecule has 2 rings (SSSR count). The summed E-state index contributed by atoms with van der Waals surface area (Å²) in [7, 11) is 0. The molecule has 92 valence electrons. The van der Waals surface area contributed by atoms with Crippen molar-refractivity contribution in [3.63, 3.8) is 0 Å². The summed E-state index contributed by atoms with van der Waals surface area (Å²) in [6.45, 7) is 4.10. The average molecular weight is 240 g/mol. The standard InChI is InChI=1S/C15H16N2O/c1-12-6-8-15(9-7-12)17(13(2)18)11-14-5-3-4-10-16-14/h3-10H,11H2,1-2H3. The number of amides is 1. The molecule has 1 aromatic carbocycles. The fraction of sp³-hybridized carbons (Fsp3) is 0.200. The van der Waals surface area contributed by atoms with E-state index in [1.807, 2.05) is 49.4 Å². The Bertz CT molecular complexity index is 520. The maximum atomic E-state index is 11.7. The molecule has 0 N–H and O–H groups in total. The van der Waals surface area contributed by atoms with Crippen LogP contribution >= 0.6 is 0 Å². The summed E-state index contributed by atoms with van der Waals surface area (Å²) >= 11 is 0. The van der Waals surface area contributed by atoms with Crippen LogP contribution < -0.4 is 4.90 Å². The SMILES string of the molecule is CC(=O)N(Cc1ccccn1)c1ccc(C)cc1. The summed E-state index contributed by atoms with van der Waals surface area (Å²) in [5.41, 5.74) is 2.96. The van der Waals surface area contributed by atoms with E-state index in [9.17, 15) is 4.79 Å². The second-order valence-corrected chi connectivity index (χ2v) is 4.26. The van der Waals surface area contributed by atoms with E-state index in [2.05, 4.69) is 4.98 Å². The maximum absolute atomic E-state index is 11.7. The third-order valence-corrected chi connectivity index (χ3v) is 2.77. The van der Waals surface area contributed by atoms with E-state index in [0.29, 0.717) is 6.54 Å². The molecule has 0 aliphatic rings. The minimum Gasteiger partial charge on any atom is -0.307 e. The first-order valence-corrected chi connectivity index (χ1v) is 5.91. The average Bonchev–Trinajstić information content (AvgIpc) is 2.38. The molecule has 0 aliphatic heterocycles. The number of carbonyl (C=O) groups is 1. The lowest BCUT2D eigenvalue weighted by atomic mass is 10.2. The van der Waals surface area contributed by atoms with E-state index < -0.39 is 0 Å². The van der Waals surface area contributed by atoms with Crippen LogP contribution in [0.2, 0.25) is 0 Å². The van der Waals surface area contributed by atoms with Crippen molar-refractivity contribution in [3.8, 4) is 0 Å². The van der Waals surface area contributed by atoms with E-state index in [-0.39, 0.29) is 5.91 Å². The van der Waals surface area contributed by atoms with E-state index in [4.69, 9.17) is 0 Å². The lowest BCUT2D eigenvalue weighted by Gasteiger charge is -2.20. The second-order valence-electron chi connectivity index (χ2n) is 4.26. The van der Waals surface area contributed by atoms with Gasteiger partial charge in [-0.15, -0.1) is 0 Å². The maximum Gasteiger partial charge on any atom is 0.224 e. The van der Waals surface area contributed by atoms with E-state index in [1.54, 1.807) is 18.0 Å². The lowest BCUT2D eigenvalue weighted by molar-refractivity contribution is -0.116. The minimum absolute atomic E-state index is 0.0181. The van der Waals surface area contributed by atoms with Gasteiger partial charge in [0.1, 0.15) is 0 Å². The zero-order valence-corrected chi connectivity index (χ0v) is 10.6. The van der Waals surface area contributed by atoms with Gasteiger partial charge >= 0.3 is 0 Å². The predicted molar refractivity (Wildman–Crippen MR) is 72.3 cm³/mol. The van der Waals surface area contributed by atoms with Gasteiger partial charge in [0.15, 0.2) is 0 Å². The largest absolute Gasteiger partial charge is 0.307 e. The van der Waals surface area contributed by atoms with E-state index in [1.165, 1.54) is 5.56 Å². The van der Waals surface area contributed by atoms with Crippen molar-refractivity contribution in [2.75, 3.05) is 4.90 Å². The van der Waals surface area contributed by atoms with Crippen molar-refractivity contribution in [1.82, 2.24) is 4.98 Å². The Kier molecular flexibility index (Phi) is 3.72. The lowest BCUT2D eigenvalue weighted by Crippen LogP contribution is -2.28. The van der Waals surface area contributed by atoms with Crippen molar-refractivity contribution >= 4 is 11.6 Å². The van der Waals surface area contributed by atoms with Crippen molar-refractivity contribution in [1.29, 1.82) is 0 Å². The Morgan fingerprint density at radius 1 is 1.17 bits per heavy atom. The number of anilines is 1. The Balaban J connectivity index is 2.24. The number of hydrogen-bond acceptors (Lipinski definition) is 2. The third kappa shape index (κ3) is 2.94. The highest BCUT2D eigenvalue weighted by atomic mass is 16.2. The normalized spacial score (nSPS) is 10.1. The molecule has 3 heteroatoms. The molecule has 0 saturated heterocycles. The van der Waals surface area contributed by atoms with E-state index in [0.717, 1.165) is 11.4 Å². The summed E-state index contributed by atoms with van der Waals surface area (Å²) in [4.78, 5) is 17.7. The number of aryl methyl sites for hydroxylation is 1. The minimum atomic E-state index is 0.0181. The fourth-order valence-corrected chi connectivity index (χ4v) is 1.76. The van der Waals surface area contributed by atoms with Gasteiger partial charge in [0.2, 0.25) is 5.91 Å². The molecule has 0 bridgehead atoms. The summed E-state index contributed by atoms with van der Waals surface area (Å²) < 4.78 is 0.